The van der Waals surface area contributed by atoms with Gasteiger partial charge in [-0.15, -0.1) is 5.10 Å². The van der Waals surface area contributed by atoms with Crippen LogP contribution < -0.4 is 4.74 Å². The van der Waals surface area contributed by atoms with Crippen LogP contribution in [-0.4, -0.2) is 26.7 Å². The molecule has 102 valence electrons. The predicted octanol–water partition coefficient (Wildman–Crippen LogP) is 2.73. The molecule has 3 aromatic rings. The lowest BCUT2D eigenvalue weighted by molar-refractivity contribution is 0.365. The van der Waals surface area contributed by atoms with E-state index in [4.69, 9.17) is 4.74 Å². The zero-order valence-electron chi connectivity index (χ0n) is 11.3. The maximum absolute atomic E-state index is 5.22. The number of ether oxygens (including phenoxy) is 1. The van der Waals surface area contributed by atoms with Gasteiger partial charge in [-0.1, -0.05) is 42.1 Å². The number of hydrogen-bond donors (Lipinski definition) is 0. The minimum absolute atomic E-state index is 0.457. The molecule has 0 atom stereocenters. The van der Waals surface area contributed by atoms with Crippen LogP contribution in [-0.2, 0) is 5.75 Å². The van der Waals surface area contributed by atoms with Crippen molar-refractivity contribution in [1.29, 1.82) is 0 Å². The van der Waals surface area contributed by atoms with Gasteiger partial charge in [0.2, 0.25) is 5.16 Å². The Hall–Kier alpha value is -2.08. The van der Waals surface area contributed by atoms with E-state index >= 15 is 0 Å². The van der Waals surface area contributed by atoms with Gasteiger partial charge in [-0.2, -0.15) is 4.52 Å². The SMILES string of the molecule is COc1nc(C)cc2nc(SCc3ccccc3)nn12. The summed E-state index contributed by atoms with van der Waals surface area (Å²) in [6, 6.07) is 12.6. The van der Waals surface area contributed by atoms with Gasteiger partial charge < -0.3 is 4.74 Å². The van der Waals surface area contributed by atoms with E-state index in [1.807, 2.05) is 31.2 Å². The van der Waals surface area contributed by atoms with Crippen molar-refractivity contribution in [2.75, 3.05) is 7.11 Å². The standard InChI is InChI=1S/C14H14N4OS/c1-10-8-12-16-13(17-18(12)14(15-10)19-2)20-9-11-6-4-3-5-7-11/h3-8H,9H2,1-2H3. The molecule has 0 amide bonds. The summed E-state index contributed by atoms with van der Waals surface area (Å²) < 4.78 is 6.85. The fourth-order valence-electron chi connectivity index (χ4n) is 1.87. The van der Waals surface area contributed by atoms with Gasteiger partial charge in [0.1, 0.15) is 0 Å². The molecule has 0 unspecified atom stereocenters. The third-order valence-corrected chi connectivity index (χ3v) is 3.71. The van der Waals surface area contributed by atoms with Crippen LogP contribution in [0.5, 0.6) is 6.01 Å². The van der Waals surface area contributed by atoms with Gasteiger partial charge >= 0.3 is 6.01 Å². The molecule has 1 aromatic carbocycles. The number of hydrogen-bond acceptors (Lipinski definition) is 5. The second-order valence-electron chi connectivity index (χ2n) is 4.32. The molecule has 2 heterocycles. The summed E-state index contributed by atoms with van der Waals surface area (Å²) in [6.07, 6.45) is 0. The Morgan fingerprint density at radius 1 is 1.20 bits per heavy atom. The predicted molar refractivity (Wildman–Crippen MR) is 78.1 cm³/mol. The zero-order valence-corrected chi connectivity index (χ0v) is 12.1. The molecule has 0 saturated heterocycles. The van der Waals surface area contributed by atoms with Crippen molar-refractivity contribution in [3.63, 3.8) is 0 Å². The van der Waals surface area contributed by atoms with E-state index in [1.54, 1.807) is 23.4 Å². The highest BCUT2D eigenvalue weighted by atomic mass is 32.2. The summed E-state index contributed by atoms with van der Waals surface area (Å²) in [6.45, 7) is 1.91. The number of aromatic nitrogens is 4. The molecule has 0 aliphatic rings. The van der Waals surface area contributed by atoms with E-state index in [-0.39, 0.29) is 0 Å². The maximum Gasteiger partial charge on any atom is 0.319 e. The molecule has 2 aromatic heterocycles. The first-order chi connectivity index (χ1) is 9.76. The lowest BCUT2D eigenvalue weighted by Gasteiger charge is -2.01. The normalized spacial score (nSPS) is 10.9. The summed E-state index contributed by atoms with van der Waals surface area (Å²) in [4.78, 5) is 8.77. The van der Waals surface area contributed by atoms with E-state index in [1.165, 1.54) is 5.56 Å². The third kappa shape index (κ3) is 2.60. The number of rotatable bonds is 4. The minimum Gasteiger partial charge on any atom is -0.467 e. The van der Waals surface area contributed by atoms with Gasteiger partial charge in [0, 0.05) is 17.5 Å². The number of aryl methyl sites for hydroxylation is 1. The van der Waals surface area contributed by atoms with Crippen LogP contribution in [0.1, 0.15) is 11.3 Å². The third-order valence-electron chi connectivity index (χ3n) is 2.80. The van der Waals surface area contributed by atoms with Crippen molar-refractivity contribution in [3.05, 3.63) is 47.7 Å². The van der Waals surface area contributed by atoms with Gasteiger partial charge in [0.15, 0.2) is 5.65 Å². The van der Waals surface area contributed by atoms with Crippen molar-refractivity contribution in [1.82, 2.24) is 19.6 Å². The Labute approximate surface area is 121 Å². The summed E-state index contributed by atoms with van der Waals surface area (Å²) in [5, 5.41) is 5.14. The fraction of sp³-hybridized carbons (Fsp3) is 0.214. The topological polar surface area (TPSA) is 52.3 Å². The molecule has 6 heteroatoms. The average Bonchev–Trinajstić information content (AvgIpc) is 2.88. The second kappa shape index (κ2) is 5.50. The van der Waals surface area contributed by atoms with Crippen LogP contribution in [0, 0.1) is 6.92 Å². The van der Waals surface area contributed by atoms with Crippen molar-refractivity contribution in [2.45, 2.75) is 17.8 Å². The highest BCUT2D eigenvalue weighted by Gasteiger charge is 2.10. The maximum atomic E-state index is 5.22. The molecule has 0 saturated carbocycles. The first kappa shape index (κ1) is 12.9. The number of nitrogens with zero attached hydrogens (tertiary/aromatic N) is 4. The Bertz CT molecular complexity index is 727. The first-order valence-electron chi connectivity index (χ1n) is 6.21. The van der Waals surface area contributed by atoms with Crippen LogP contribution in [0.3, 0.4) is 0 Å². The van der Waals surface area contributed by atoms with Crippen LogP contribution in [0.4, 0.5) is 0 Å². The highest BCUT2D eigenvalue weighted by molar-refractivity contribution is 7.98. The molecule has 3 rings (SSSR count). The molecule has 0 aliphatic carbocycles. The first-order valence-corrected chi connectivity index (χ1v) is 7.20. The smallest absolute Gasteiger partial charge is 0.319 e. The summed E-state index contributed by atoms with van der Waals surface area (Å²) >= 11 is 1.60. The molecule has 0 aliphatic heterocycles. The van der Waals surface area contributed by atoms with Crippen LogP contribution in [0.2, 0.25) is 0 Å². The van der Waals surface area contributed by atoms with E-state index in [0.717, 1.165) is 22.3 Å². The van der Waals surface area contributed by atoms with E-state index in [2.05, 4.69) is 27.2 Å². The number of thioether (sulfide) groups is 1. The Morgan fingerprint density at radius 3 is 2.75 bits per heavy atom. The van der Waals surface area contributed by atoms with E-state index in [0.29, 0.717) is 6.01 Å². The fourth-order valence-corrected chi connectivity index (χ4v) is 2.66. The van der Waals surface area contributed by atoms with Crippen LogP contribution in [0.15, 0.2) is 41.6 Å². The van der Waals surface area contributed by atoms with Gasteiger partial charge in [0.05, 0.1) is 7.11 Å². The minimum atomic E-state index is 0.457. The van der Waals surface area contributed by atoms with Gasteiger partial charge in [0.25, 0.3) is 0 Å². The Morgan fingerprint density at radius 2 is 2.00 bits per heavy atom. The van der Waals surface area contributed by atoms with Gasteiger partial charge in [-0.3, -0.25) is 0 Å². The summed E-state index contributed by atoms with van der Waals surface area (Å²) in [5.41, 5.74) is 2.86. The highest BCUT2D eigenvalue weighted by Crippen LogP contribution is 2.21. The van der Waals surface area contributed by atoms with Crippen molar-refractivity contribution < 1.29 is 4.74 Å². The van der Waals surface area contributed by atoms with Gasteiger partial charge in [-0.05, 0) is 12.5 Å². The lowest BCUT2D eigenvalue weighted by Crippen LogP contribution is -2.00. The summed E-state index contributed by atoms with van der Waals surface area (Å²) in [5.74, 6) is 0.840. The number of fused-ring (bicyclic) bond motifs is 1. The zero-order chi connectivity index (χ0) is 13.9. The number of methoxy groups -OCH3 is 1. The molecule has 0 bridgehead atoms. The molecule has 0 spiro atoms. The van der Waals surface area contributed by atoms with Gasteiger partial charge in [-0.25, -0.2) is 9.97 Å². The summed E-state index contributed by atoms with van der Waals surface area (Å²) in [7, 11) is 1.58. The molecule has 20 heavy (non-hydrogen) atoms. The van der Waals surface area contributed by atoms with Crippen LogP contribution >= 0.6 is 11.8 Å². The Balaban J connectivity index is 1.86. The monoisotopic (exact) mass is 286 g/mol. The average molecular weight is 286 g/mol. The number of benzene rings is 1. The van der Waals surface area contributed by atoms with E-state index in [9.17, 15) is 0 Å². The van der Waals surface area contributed by atoms with Crippen molar-refractivity contribution in [2.24, 2.45) is 0 Å². The van der Waals surface area contributed by atoms with Crippen LogP contribution in [0.25, 0.3) is 5.65 Å². The lowest BCUT2D eigenvalue weighted by atomic mass is 10.2. The molecule has 0 fully saturated rings. The van der Waals surface area contributed by atoms with Crippen molar-refractivity contribution in [3.8, 4) is 6.01 Å². The Kier molecular flexibility index (Phi) is 3.56. The quantitative estimate of drug-likeness (QED) is 0.690. The molecule has 0 N–H and O–H groups in total. The largest absolute Gasteiger partial charge is 0.467 e. The van der Waals surface area contributed by atoms with Crippen molar-refractivity contribution >= 4 is 17.4 Å². The van der Waals surface area contributed by atoms with E-state index < -0.39 is 0 Å². The molecular formula is C14H14N4OS. The molecular weight excluding hydrogens is 272 g/mol. The molecule has 0 radical (unpaired) electrons. The second-order valence-corrected chi connectivity index (χ2v) is 5.27. The molecule has 5 nitrogen and oxygen atoms in total.